The monoisotopic (exact) mass is 461 g/mol. The van der Waals surface area contributed by atoms with Crippen molar-refractivity contribution in [3.05, 3.63) is 88.9 Å². The van der Waals surface area contributed by atoms with Crippen molar-refractivity contribution in [2.75, 3.05) is 29.0 Å². The minimum absolute atomic E-state index is 0.282. The fraction of sp³-hybridized carbons (Fsp3) is 0.231. The largest absolute Gasteiger partial charge is 0.378 e. The average Bonchev–Trinajstić information content (AvgIpc) is 3.33. The molecule has 6 nitrogen and oxygen atoms in total. The highest BCUT2D eigenvalue weighted by Crippen LogP contribution is 2.48. The van der Waals surface area contributed by atoms with Gasteiger partial charge in [0.15, 0.2) is 6.10 Å². The van der Waals surface area contributed by atoms with Crippen LogP contribution in [0.3, 0.4) is 0 Å². The molecule has 2 aliphatic rings. The summed E-state index contributed by atoms with van der Waals surface area (Å²) in [7, 11) is 3.95. The smallest absolute Gasteiger partial charge is 0.266 e. The molecule has 3 aromatic rings. The molecule has 2 aliphatic heterocycles. The van der Waals surface area contributed by atoms with Crippen molar-refractivity contribution in [3.8, 4) is 0 Å². The van der Waals surface area contributed by atoms with Gasteiger partial charge in [0, 0.05) is 24.8 Å². The second-order valence-electron chi connectivity index (χ2n) is 8.54. The Bertz CT molecular complexity index is 1210. The van der Waals surface area contributed by atoms with Crippen LogP contribution < -0.4 is 14.9 Å². The first-order chi connectivity index (χ1) is 15.9. The third-order valence-electron chi connectivity index (χ3n) is 6.36. The summed E-state index contributed by atoms with van der Waals surface area (Å²) >= 11 is 6.28. The molecule has 0 aromatic heterocycles. The van der Waals surface area contributed by atoms with Gasteiger partial charge in [-0.1, -0.05) is 48.0 Å². The third-order valence-corrected chi connectivity index (χ3v) is 6.77. The van der Waals surface area contributed by atoms with Gasteiger partial charge in [-0.25, -0.2) is 9.96 Å². The molecule has 168 valence electrons. The number of hydrogen-bond acceptors (Lipinski definition) is 5. The van der Waals surface area contributed by atoms with E-state index in [0.717, 1.165) is 16.9 Å². The summed E-state index contributed by atoms with van der Waals surface area (Å²) in [6.07, 6.45) is -0.908. The zero-order chi connectivity index (χ0) is 23.3. The molecule has 0 spiro atoms. The van der Waals surface area contributed by atoms with Crippen molar-refractivity contribution in [2.45, 2.75) is 19.1 Å². The molecule has 2 saturated heterocycles. The lowest BCUT2D eigenvalue weighted by Gasteiger charge is -2.29. The molecular formula is C26H24ClN3O3. The zero-order valence-electron chi connectivity index (χ0n) is 18.6. The molecular weight excluding hydrogens is 438 g/mol. The molecule has 7 heteroatoms. The lowest BCUT2D eigenvalue weighted by molar-refractivity contribution is -0.126. The van der Waals surface area contributed by atoms with E-state index in [1.165, 1.54) is 4.90 Å². The number of amides is 2. The van der Waals surface area contributed by atoms with Crippen molar-refractivity contribution in [3.63, 3.8) is 0 Å². The predicted octanol–water partition coefficient (Wildman–Crippen LogP) is 4.77. The summed E-state index contributed by atoms with van der Waals surface area (Å²) in [5.41, 5.74) is 3.93. The van der Waals surface area contributed by atoms with Crippen LogP contribution in [-0.4, -0.2) is 32.0 Å². The van der Waals surface area contributed by atoms with Gasteiger partial charge in [-0.05, 0) is 54.4 Å². The van der Waals surface area contributed by atoms with Crippen molar-refractivity contribution < 1.29 is 14.4 Å². The summed E-state index contributed by atoms with van der Waals surface area (Å²) in [5, 5.41) is 2.21. The first-order valence-corrected chi connectivity index (χ1v) is 11.2. The molecule has 0 radical (unpaired) electrons. The fourth-order valence-corrected chi connectivity index (χ4v) is 4.77. The van der Waals surface area contributed by atoms with Crippen LogP contribution in [0.15, 0.2) is 72.8 Å². The van der Waals surface area contributed by atoms with Gasteiger partial charge in [-0.3, -0.25) is 14.4 Å². The fourth-order valence-electron chi connectivity index (χ4n) is 4.60. The molecule has 0 N–H and O–H groups in total. The van der Waals surface area contributed by atoms with Crippen molar-refractivity contribution in [1.82, 2.24) is 0 Å². The van der Waals surface area contributed by atoms with Crippen LogP contribution in [-0.2, 0) is 14.4 Å². The summed E-state index contributed by atoms with van der Waals surface area (Å²) in [4.78, 5) is 36.7. The number of fused-ring (bicyclic) bond motifs is 1. The molecule has 2 heterocycles. The van der Waals surface area contributed by atoms with E-state index in [0.29, 0.717) is 16.3 Å². The van der Waals surface area contributed by atoms with Gasteiger partial charge in [0.25, 0.3) is 5.91 Å². The number of benzene rings is 3. The standard InChI is InChI=1S/C26H24ClN3O3/c1-16-20(27)10-7-11-21(16)29-25(31)22-23(17-12-14-18(15-13-17)28(2)3)30(33-24(22)26(29)32)19-8-5-4-6-9-19/h4-15,22-24H,1-3H3/t22-,23-,24-/m1/s1. The number of carbonyl (C=O) groups is 2. The average molecular weight is 462 g/mol. The molecule has 2 fully saturated rings. The van der Waals surface area contributed by atoms with Gasteiger partial charge in [0.05, 0.1) is 17.4 Å². The molecule has 0 aliphatic carbocycles. The van der Waals surface area contributed by atoms with E-state index in [-0.39, 0.29) is 11.8 Å². The van der Waals surface area contributed by atoms with Crippen LogP contribution in [0, 0.1) is 12.8 Å². The van der Waals surface area contributed by atoms with Crippen molar-refractivity contribution in [2.24, 2.45) is 5.92 Å². The number of hydroxylamine groups is 1. The minimum Gasteiger partial charge on any atom is -0.378 e. The van der Waals surface area contributed by atoms with Crippen molar-refractivity contribution in [1.29, 1.82) is 0 Å². The SMILES string of the molecule is Cc1c(Cl)cccc1N1C(=O)[C@@H]2[C@@H](c3ccc(N(C)C)cc3)N(c3ccccc3)O[C@H]2C1=O. The Hall–Kier alpha value is -3.35. The number of halogens is 1. The molecule has 2 amide bonds. The molecule has 3 atom stereocenters. The van der Waals surface area contributed by atoms with E-state index in [2.05, 4.69) is 0 Å². The summed E-state index contributed by atoms with van der Waals surface area (Å²) in [6.45, 7) is 1.81. The highest BCUT2D eigenvalue weighted by Gasteiger charge is 2.60. The van der Waals surface area contributed by atoms with Gasteiger partial charge in [0.1, 0.15) is 5.92 Å². The van der Waals surface area contributed by atoms with Gasteiger partial charge in [0.2, 0.25) is 5.91 Å². The lowest BCUT2D eigenvalue weighted by atomic mass is 9.90. The Labute approximate surface area is 197 Å². The minimum atomic E-state index is -0.908. The highest BCUT2D eigenvalue weighted by atomic mass is 35.5. The van der Waals surface area contributed by atoms with Crippen LogP contribution >= 0.6 is 11.6 Å². The Balaban J connectivity index is 1.59. The second kappa shape index (κ2) is 8.21. The number of imide groups is 1. The maximum Gasteiger partial charge on any atom is 0.266 e. The first-order valence-electron chi connectivity index (χ1n) is 10.8. The van der Waals surface area contributed by atoms with Crippen LogP contribution in [0.5, 0.6) is 0 Å². The Kier molecular flexibility index (Phi) is 5.35. The van der Waals surface area contributed by atoms with Crippen LogP contribution in [0.4, 0.5) is 17.1 Å². The predicted molar refractivity (Wildman–Crippen MR) is 129 cm³/mol. The number of hydrogen-bond donors (Lipinski definition) is 0. The van der Waals surface area contributed by atoms with E-state index >= 15 is 0 Å². The Morgan fingerprint density at radius 1 is 0.879 bits per heavy atom. The van der Waals surface area contributed by atoms with Crippen LogP contribution in [0.2, 0.25) is 5.02 Å². The van der Waals surface area contributed by atoms with E-state index in [1.54, 1.807) is 30.2 Å². The summed E-state index contributed by atoms with van der Waals surface area (Å²) < 4.78 is 0. The number of anilines is 3. The quantitative estimate of drug-likeness (QED) is 0.524. The van der Waals surface area contributed by atoms with E-state index < -0.39 is 18.1 Å². The molecule has 0 saturated carbocycles. The maximum atomic E-state index is 13.7. The topological polar surface area (TPSA) is 53.1 Å². The Morgan fingerprint density at radius 2 is 1.58 bits per heavy atom. The van der Waals surface area contributed by atoms with E-state index in [4.69, 9.17) is 16.4 Å². The molecule has 33 heavy (non-hydrogen) atoms. The second-order valence-corrected chi connectivity index (χ2v) is 8.95. The summed E-state index contributed by atoms with van der Waals surface area (Å²) in [6, 6.07) is 22.3. The van der Waals surface area contributed by atoms with E-state index in [1.807, 2.05) is 73.6 Å². The van der Waals surface area contributed by atoms with Crippen LogP contribution in [0.25, 0.3) is 0 Å². The molecule has 0 bridgehead atoms. The molecule has 5 rings (SSSR count). The Morgan fingerprint density at radius 3 is 2.24 bits per heavy atom. The van der Waals surface area contributed by atoms with E-state index in [9.17, 15) is 9.59 Å². The molecule has 3 aromatic carbocycles. The number of rotatable bonds is 4. The normalized spacial score (nSPS) is 22.1. The van der Waals surface area contributed by atoms with Gasteiger partial charge >= 0.3 is 0 Å². The summed E-state index contributed by atoms with van der Waals surface area (Å²) in [5.74, 6) is -1.33. The van der Waals surface area contributed by atoms with Gasteiger partial charge < -0.3 is 4.90 Å². The lowest BCUT2D eigenvalue weighted by Crippen LogP contribution is -2.37. The zero-order valence-corrected chi connectivity index (χ0v) is 19.4. The van der Waals surface area contributed by atoms with Gasteiger partial charge in [-0.2, -0.15) is 0 Å². The first kappa shape index (κ1) is 21.5. The van der Waals surface area contributed by atoms with Crippen molar-refractivity contribution >= 4 is 40.5 Å². The maximum absolute atomic E-state index is 13.7. The highest BCUT2D eigenvalue weighted by molar-refractivity contribution is 6.32. The number of carbonyl (C=O) groups excluding carboxylic acids is 2. The number of para-hydroxylation sites is 1. The third kappa shape index (κ3) is 3.46. The van der Waals surface area contributed by atoms with Crippen LogP contribution in [0.1, 0.15) is 17.2 Å². The van der Waals surface area contributed by atoms with Gasteiger partial charge in [-0.15, -0.1) is 0 Å². The molecule has 0 unspecified atom stereocenters. The number of nitrogens with zero attached hydrogens (tertiary/aromatic N) is 3.